The quantitative estimate of drug-likeness (QED) is 0.238. The Hall–Kier alpha value is -3.87. The fourth-order valence-corrected chi connectivity index (χ4v) is 6.14. The predicted octanol–water partition coefficient (Wildman–Crippen LogP) is 8.29. The number of hydrogen-bond acceptors (Lipinski definition) is 4. The molecule has 5 rings (SSSR count). The van der Waals surface area contributed by atoms with Crippen molar-refractivity contribution in [3.8, 4) is 22.3 Å². The second kappa shape index (κ2) is 12.0. The van der Waals surface area contributed by atoms with Crippen LogP contribution in [0.5, 0.6) is 0 Å². The number of nitrogens with zero attached hydrogens (tertiary/aromatic N) is 2. The molecule has 3 aromatic carbocycles. The summed E-state index contributed by atoms with van der Waals surface area (Å²) in [5.74, 6) is -1.20. The Morgan fingerprint density at radius 1 is 0.953 bits per heavy atom. The van der Waals surface area contributed by atoms with Crippen molar-refractivity contribution < 1.29 is 19.0 Å². The molecule has 224 valence electrons. The third-order valence-corrected chi connectivity index (χ3v) is 8.23. The molecule has 4 aromatic rings. The van der Waals surface area contributed by atoms with E-state index in [1.165, 1.54) is 17.2 Å². The average molecular weight is 581 g/mol. The van der Waals surface area contributed by atoms with Crippen LogP contribution in [0.3, 0.4) is 0 Å². The standard InChI is InChI=1S/C37H41FN2O3/c1-22-11-13-26(14-12-22)34-32(24(3)39-25(4)33(34)35(36(41)42)43-37(5,6)7)28-15-16-29-20-40(18-17-27(29)19-28)21-30-23(2)9-8-10-31(30)38/h8-16,19,35H,17-18,20-21H2,1-7H3,(H,41,42). The number of rotatable bonds is 7. The van der Waals surface area contributed by atoms with Gasteiger partial charge in [0.05, 0.1) is 5.60 Å². The maximum atomic E-state index is 14.6. The van der Waals surface area contributed by atoms with Gasteiger partial charge in [0.2, 0.25) is 0 Å². The van der Waals surface area contributed by atoms with Gasteiger partial charge in [0.15, 0.2) is 6.10 Å². The van der Waals surface area contributed by atoms with E-state index in [0.29, 0.717) is 17.8 Å². The number of carbonyl (C=O) groups is 1. The summed E-state index contributed by atoms with van der Waals surface area (Å²) < 4.78 is 20.7. The van der Waals surface area contributed by atoms with E-state index in [4.69, 9.17) is 9.72 Å². The lowest BCUT2D eigenvalue weighted by molar-refractivity contribution is -0.160. The van der Waals surface area contributed by atoms with Crippen LogP contribution in [0.15, 0.2) is 60.7 Å². The number of carboxylic acids is 1. The Morgan fingerprint density at radius 3 is 2.30 bits per heavy atom. The highest BCUT2D eigenvalue weighted by molar-refractivity contribution is 5.91. The highest BCUT2D eigenvalue weighted by Gasteiger charge is 2.33. The molecule has 1 aliphatic heterocycles. The van der Waals surface area contributed by atoms with Crippen molar-refractivity contribution >= 4 is 5.97 Å². The minimum atomic E-state index is -1.18. The van der Waals surface area contributed by atoms with Gasteiger partial charge in [0.1, 0.15) is 5.82 Å². The van der Waals surface area contributed by atoms with Gasteiger partial charge in [-0.15, -0.1) is 0 Å². The van der Waals surface area contributed by atoms with Gasteiger partial charge in [-0.1, -0.05) is 60.2 Å². The first-order chi connectivity index (χ1) is 20.3. The molecule has 1 aromatic heterocycles. The molecule has 0 radical (unpaired) electrons. The lowest BCUT2D eigenvalue weighted by Gasteiger charge is -2.31. The second-order valence-electron chi connectivity index (χ2n) is 12.7. The van der Waals surface area contributed by atoms with Crippen molar-refractivity contribution in [3.63, 3.8) is 0 Å². The smallest absolute Gasteiger partial charge is 0.337 e. The first-order valence-corrected chi connectivity index (χ1v) is 14.9. The summed E-state index contributed by atoms with van der Waals surface area (Å²) in [6.07, 6.45) is -0.344. The Balaban J connectivity index is 1.61. The number of hydrogen-bond donors (Lipinski definition) is 1. The molecule has 0 saturated carbocycles. The number of benzene rings is 3. The number of fused-ring (bicyclic) bond motifs is 1. The summed E-state index contributed by atoms with van der Waals surface area (Å²) in [7, 11) is 0. The molecular weight excluding hydrogens is 539 g/mol. The van der Waals surface area contributed by atoms with Gasteiger partial charge in [-0.2, -0.15) is 0 Å². The van der Waals surface area contributed by atoms with Crippen LogP contribution in [0.4, 0.5) is 4.39 Å². The Kier molecular flexibility index (Phi) is 8.55. The lowest BCUT2D eigenvalue weighted by Crippen LogP contribution is -2.30. The number of aromatic nitrogens is 1. The molecule has 0 bridgehead atoms. The summed E-state index contributed by atoms with van der Waals surface area (Å²) in [6, 6.07) is 19.9. The molecule has 1 unspecified atom stereocenters. The average Bonchev–Trinajstić information content (AvgIpc) is 2.93. The first kappa shape index (κ1) is 30.6. The molecule has 1 aliphatic rings. The summed E-state index contributed by atoms with van der Waals surface area (Å²) in [4.78, 5) is 19.9. The monoisotopic (exact) mass is 580 g/mol. The van der Waals surface area contributed by atoms with E-state index in [-0.39, 0.29) is 5.82 Å². The van der Waals surface area contributed by atoms with E-state index in [1.807, 2.05) is 78.8 Å². The molecule has 6 heteroatoms. The van der Waals surface area contributed by atoms with Gasteiger partial charge in [-0.05, 0) is 94.3 Å². The summed E-state index contributed by atoms with van der Waals surface area (Å²) >= 11 is 0. The molecule has 0 amide bonds. The summed E-state index contributed by atoms with van der Waals surface area (Å²) in [6.45, 7) is 15.6. The van der Waals surface area contributed by atoms with Crippen LogP contribution >= 0.6 is 0 Å². The van der Waals surface area contributed by atoms with E-state index in [9.17, 15) is 14.3 Å². The molecule has 0 fully saturated rings. The Bertz CT molecular complexity index is 1650. The highest BCUT2D eigenvalue weighted by atomic mass is 19.1. The van der Waals surface area contributed by atoms with Crippen molar-refractivity contribution in [2.24, 2.45) is 0 Å². The zero-order valence-corrected chi connectivity index (χ0v) is 26.2. The second-order valence-corrected chi connectivity index (χ2v) is 12.7. The normalized spacial score (nSPS) is 14.4. The van der Waals surface area contributed by atoms with Gasteiger partial charge >= 0.3 is 5.97 Å². The Morgan fingerprint density at radius 2 is 1.65 bits per heavy atom. The minimum Gasteiger partial charge on any atom is -0.479 e. The fraction of sp³-hybridized carbons (Fsp3) is 0.351. The fourth-order valence-electron chi connectivity index (χ4n) is 6.14. The third kappa shape index (κ3) is 6.56. The molecule has 0 saturated heterocycles. The molecular formula is C37H41FN2O3. The highest BCUT2D eigenvalue weighted by Crippen LogP contribution is 2.43. The van der Waals surface area contributed by atoms with Crippen LogP contribution in [0, 0.1) is 33.5 Å². The van der Waals surface area contributed by atoms with Crippen molar-refractivity contribution in [1.29, 1.82) is 0 Å². The van der Waals surface area contributed by atoms with Gasteiger partial charge in [0.25, 0.3) is 0 Å². The number of halogens is 1. The Labute approximate surface area is 254 Å². The van der Waals surface area contributed by atoms with Gasteiger partial charge in [0, 0.05) is 47.7 Å². The molecule has 1 atom stereocenters. The molecule has 0 spiro atoms. The SMILES string of the molecule is Cc1ccc(-c2c(-c3ccc4c(c3)CCN(Cc3c(C)cccc3F)C4)c(C)nc(C)c2C(OC(C)(C)C)C(=O)O)cc1. The number of pyridine rings is 1. The van der Waals surface area contributed by atoms with Crippen LogP contribution < -0.4 is 0 Å². The third-order valence-electron chi connectivity index (χ3n) is 8.23. The zero-order chi connectivity index (χ0) is 31.1. The minimum absolute atomic E-state index is 0.155. The molecule has 5 nitrogen and oxygen atoms in total. The maximum absolute atomic E-state index is 14.6. The van der Waals surface area contributed by atoms with E-state index in [1.54, 1.807) is 6.07 Å². The van der Waals surface area contributed by atoms with Crippen LogP contribution in [0.25, 0.3) is 22.3 Å². The maximum Gasteiger partial charge on any atom is 0.337 e. The summed E-state index contributed by atoms with van der Waals surface area (Å²) in [5.41, 5.74) is 10.4. The van der Waals surface area contributed by atoms with Crippen molar-refractivity contribution in [1.82, 2.24) is 9.88 Å². The number of aryl methyl sites for hydroxylation is 4. The summed E-state index contributed by atoms with van der Waals surface area (Å²) in [5, 5.41) is 10.4. The number of aliphatic carboxylic acids is 1. The van der Waals surface area contributed by atoms with Gasteiger partial charge < -0.3 is 9.84 Å². The zero-order valence-electron chi connectivity index (χ0n) is 26.2. The van der Waals surface area contributed by atoms with Crippen molar-refractivity contribution in [3.05, 3.63) is 111 Å². The van der Waals surface area contributed by atoms with Crippen LogP contribution in [-0.4, -0.2) is 33.1 Å². The van der Waals surface area contributed by atoms with Crippen LogP contribution in [0.2, 0.25) is 0 Å². The molecule has 43 heavy (non-hydrogen) atoms. The molecule has 2 heterocycles. The first-order valence-electron chi connectivity index (χ1n) is 14.9. The lowest BCUT2D eigenvalue weighted by atomic mass is 9.85. The van der Waals surface area contributed by atoms with Gasteiger partial charge in [-0.3, -0.25) is 9.88 Å². The molecule has 1 N–H and O–H groups in total. The van der Waals surface area contributed by atoms with E-state index in [2.05, 4.69) is 23.1 Å². The van der Waals surface area contributed by atoms with E-state index in [0.717, 1.165) is 64.1 Å². The number of ether oxygens (including phenoxy) is 1. The topological polar surface area (TPSA) is 62.7 Å². The van der Waals surface area contributed by atoms with Gasteiger partial charge in [-0.25, -0.2) is 9.18 Å². The van der Waals surface area contributed by atoms with E-state index < -0.39 is 17.7 Å². The van der Waals surface area contributed by atoms with Crippen molar-refractivity contribution in [2.75, 3.05) is 6.54 Å². The predicted molar refractivity (Wildman–Crippen MR) is 169 cm³/mol. The van der Waals surface area contributed by atoms with Crippen LogP contribution in [-0.2, 0) is 29.0 Å². The molecule has 0 aliphatic carbocycles. The number of carboxylic acid groups (broad SMARTS) is 1. The van der Waals surface area contributed by atoms with E-state index >= 15 is 0 Å². The van der Waals surface area contributed by atoms with Crippen molar-refractivity contribution in [2.45, 2.75) is 79.7 Å². The largest absolute Gasteiger partial charge is 0.479 e. The van der Waals surface area contributed by atoms with Crippen LogP contribution in [0.1, 0.15) is 71.6 Å².